The number of amides is 2. The monoisotopic (exact) mass is 409 g/mol. The standard InChI is InChI=1S/C18H20ClN3O2S2/c1-18-8-7-15(23)22(18)14(11-26-18)16(24)21-9-4-10-25-17(21)20-13-6-3-2-5-12(13)19/h2-3,5-6,14H,4,7-11H2,1H3/t14-,18+/m1/s1. The summed E-state index contributed by atoms with van der Waals surface area (Å²) in [5.41, 5.74) is 0.666. The normalized spacial score (nSPS) is 30.2. The molecule has 3 heterocycles. The zero-order chi connectivity index (χ0) is 18.3. The van der Waals surface area contributed by atoms with Crippen LogP contribution in [0.3, 0.4) is 0 Å². The molecule has 0 unspecified atom stereocenters. The minimum atomic E-state index is -0.393. The highest BCUT2D eigenvalue weighted by Gasteiger charge is 2.54. The molecule has 26 heavy (non-hydrogen) atoms. The van der Waals surface area contributed by atoms with Crippen LogP contribution in [-0.4, -0.2) is 55.7 Å². The smallest absolute Gasteiger partial charge is 0.252 e. The first-order valence-electron chi connectivity index (χ1n) is 8.73. The van der Waals surface area contributed by atoms with E-state index in [2.05, 4.69) is 11.9 Å². The van der Waals surface area contributed by atoms with Gasteiger partial charge in [-0.2, -0.15) is 0 Å². The lowest BCUT2D eigenvalue weighted by atomic mass is 10.2. The molecule has 1 aromatic carbocycles. The van der Waals surface area contributed by atoms with Crippen LogP contribution in [0, 0.1) is 0 Å². The number of benzene rings is 1. The van der Waals surface area contributed by atoms with Gasteiger partial charge in [0.1, 0.15) is 6.04 Å². The van der Waals surface area contributed by atoms with Crippen molar-refractivity contribution in [3.05, 3.63) is 29.3 Å². The third-order valence-corrected chi connectivity index (χ3v) is 7.94. The van der Waals surface area contributed by atoms with E-state index in [1.165, 1.54) is 0 Å². The van der Waals surface area contributed by atoms with Crippen molar-refractivity contribution in [2.24, 2.45) is 4.99 Å². The summed E-state index contributed by atoms with van der Waals surface area (Å²) >= 11 is 9.52. The number of aliphatic imine (C=N–C) groups is 1. The second-order valence-corrected chi connectivity index (χ2v) is 9.77. The molecule has 3 aliphatic heterocycles. The number of halogens is 1. The Morgan fingerprint density at radius 2 is 2.19 bits per heavy atom. The number of rotatable bonds is 2. The summed E-state index contributed by atoms with van der Waals surface area (Å²) in [6.45, 7) is 2.70. The van der Waals surface area contributed by atoms with Crippen LogP contribution in [0.25, 0.3) is 0 Å². The molecule has 0 aromatic heterocycles. The van der Waals surface area contributed by atoms with Gasteiger partial charge in [-0.1, -0.05) is 35.5 Å². The molecule has 4 rings (SSSR count). The van der Waals surface area contributed by atoms with Crippen LogP contribution in [-0.2, 0) is 9.59 Å². The van der Waals surface area contributed by atoms with Crippen LogP contribution < -0.4 is 0 Å². The number of thioether (sulfide) groups is 2. The highest BCUT2D eigenvalue weighted by molar-refractivity contribution is 8.13. The maximum Gasteiger partial charge on any atom is 0.252 e. The number of hydrogen-bond donors (Lipinski definition) is 0. The molecule has 3 saturated heterocycles. The molecule has 2 atom stereocenters. The highest BCUT2D eigenvalue weighted by atomic mass is 35.5. The first kappa shape index (κ1) is 18.2. The van der Waals surface area contributed by atoms with Crippen molar-refractivity contribution in [2.45, 2.75) is 37.1 Å². The van der Waals surface area contributed by atoms with Crippen molar-refractivity contribution in [2.75, 3.05) is 18.1 Å². The Morgan fingerprint density at radius 1 is 1.38 bits per heavy atom. The fourth-order valence-electron chi connectivity index (χ4n) is 3.69. The van der Waals surface area contributed by atoms with Gasteiger partial charge < -0.3 is 4.90 Å². The molecule has 0 bridgehead atoms. The maximum absolute atomic E-state index is 13.3. The Labute approximate surface area is 166 Å². The summed E-state index contributed by atoms with van der Waals surface area (Å²) in [6, 6.07) is 6.99. The third-order valence-electron chi connectivity index (χ3n) is 5.05. The lowest BCUT2D eigenvalue weighted by Gasteiger charge is -2.34. The second kappa shape index (κ2) is 7.09. The first-order chi connectivity index (χ1) is 12.5. The molecular weight excluding hydrogens is 390 g/mol. The summed E-state index contributed by atoms with van der Waals surface area (Å²) in [5, 5.41) is 1.25. The molecule has 0 spiro atoms. The third kappa shape index (κ3) is 3.14. The molecule has 5 nitrogen and oxygen atoms in total. The Balaban J connectivity index is 1.62. The quantitative estimate of drug-likeness (QED) is 0.746. The molecule has 1 aromatic rings. The van der Waals surface area contributed by atoms with Gasteiger partial charge >= 0.3 is 0 Å². The van der Waals surface area contributed by atoms with E-state index >= 15 is 0 Å². The van der Waals surface area contributed by atoms with Crippen LogP contribution in [0.4, 0.5) is 5.69 Å². The number of amidine groups is 1. The lowest BCUT2D eigenvalue weighted by Crippen LogP contribution is -2.53. The van der Waals surface area contributed by atoms with E-state index in [9.17, 15) is 9.59 Å². The van der Waals surface area contributed by atoms with Crippen molar-refractivity contribution in [3.63, 3.8) is 0 Å². The average molecular weight is 410 g/mol. The van der Waals surface area contributed by atoms with E-state index < -0.39 is 6.04 Å². The van der Waals surface area contributed by atoms with E-state index in [1.54, 1.807) is 34.5 Å². The zero-order valence-corrected chi connectivity index (χ0v) is 16.9. The van der Waals surface area contributed by atoms with Gasteiger partial charge in [0.25, 0.3) is 5.91 Å². The van der Waals surface area contributed by atoms with Gasteiger partial charge in [0.2, 0.25) is 5.91 Å². The van der Waals surface area contributed by atoms with Crippen LogP contribution in [0.5, 0.6) is 0 Å². The lowest BCUT2D eigenvalue weighted by molar-refractivity contribution is -0.141. The Hall–Kier alpha value is -1.18. The SMILES string of the molecule is C[C@]12CCC(=O)N1[C@@H](C(=O)N1CCCSC1=Nc1ccccc1Cl)CS2. The van der Waals surface area contributed by atoms with Crippen LogP contribution in [0.1, 0.15) is 26.2 Å². The van der Waals surface area contributed by atoms with E-state index in [1.807, 2.05) is 23.1 Å². The van der Waals surface area contributed by atoms with Crippen LogP contribution in [0.15, 0.2) is 29.3 Å². The zero-order valence-electron chi connectivity index (χ0n) is 14.5. The molecule has 3 aliphatic rings. The Kier molecular flexibility index (Phi) is 4.96. The van der Waals surface area contributed by atoms with Crippen molar-refractivity contribution in [1.82, 2.24) is 9.80 Å². The summed E-state index contributed by atoms with van der Waals surface area (Å²) in [7, 11) is 0. The van der Waals surface area contributed by atoms with Gasteiger partial charge in [0.15, 0.2) is 5.17 Å². The second-order valence-electron chi connectivity index (χ2n) is 6.80. The van der Waals surface area contributed by atoms with E-state index in [0.717, 1.165) is 18.6 Å². The molecular formula is C18H20ClN3O2S2. The highest BCUT2D eigenvalue weighted by Crippen LogP contribution is 2.47. The van der Waals surface area contributed by atoms with Gasteiger partial charge in [0.05, 0.1) is 15.6 Å². The van der Waals surface area contributed by atoms with E-state index in [-0.39, 0.29) is 16.7 Å². The van der Waals surface area contributed by atoms with Crippen LogP contribution >= 0.6 is 35.1 Å². The Bertz CT molecular complexity index is 787. The van der Waals surface area contributed by atoms with Crippen molar-refractivity contribution in [1.29, 1.82) is 0 Å². The molecule has 0 aliphatic carbocycles. The van der Waals surface area contributed by atoms with Crippen LogP contribution in [0.2, 0.25) is 5.02 Å². The summed E-state index contributed by atoms with van der Waals surface area (Å²) in [4.78, 5) is 33.7. The number of fused-ring (bicyclic) bond motifs is 1. The average Bonchev–Trinajstić information content (AvgIpc) is 3.13. The van der Waals surface area contributed by atoms with E-state index in [4.69, 9.17) is 11.6 Å². The largest absolute Gasteiger partial charge is 0.315 e. The number of para-hydroxylation sites is 1. The predicted octanol–water partition coefficient (Wildman–Crippen LogP) is 3.75. The van der Waals surface area contributed by atoms with Gasteiger partial charge in [-0.05, 0) is 31.9 Å². The topological polar surface area (TPSA) is 53.0 Å². The fourth-order valence-corrected chi connectivity index (χ4v) is 6.24. The molecule has 0 saturated carbocycles. The van der Waals surface area contributed by atoms with Gasteiger partial charge in [-0.3, -0.25) is 14.5 Å². The van der Waals surface area contributed by atoms with Gasteiger partial charge in [-0.15, -0.1) is 11.8 Å². The molecule has 0 radical (unpaired) electrons. The number of nitrogens with zero attached hydrogens (tertiary/aromatic N) is 3. The molecule has 3 fully saturated rings. The molecule has 8 heteroatoms. The molecule has 2 amide bonds. The summed E-state index contributed by atoms with van der Waals surface area (Å²) in [6.07, 6.45) is 2.27. The van der Waals surface area contributed by atoms with Gasteiger partial charge in [0, 0.05) is 24.5 Å². The molecule has 138 valence electrons. The summed E-state index contributed by atoms with van der Waals surface area (Å²) in [5.74, 6) is 1.65. The van der Waals surface area contributed by atoms with Gasteiger partial charge in [-0.25, -0.2) is 4.99 Å². The maximum atomic E-state index is 13.3. The minimum Gasteiger partial charge on any atom is -0.315 e. The predicted molar refractivity (Wildman–Crippen MR) is 108 cm³/mol. The Morgan fingerprint density at radius 3 is 3.00 bits per heavy atom. The number of carbonyl (C=O) groups is 2. The van der Waals surface area contributed by atoms with E-state index in [0.29, 0.717) is 34.6 Å². The van der Waals surface area contributed by atoms with Crippen molar-refractivity contribution >= 4 is 57.8 Å². The van der Waals surface area contributed by atoms with Crippen molar-refractivity contribution in [3.8, 4) is 0 Å². The fraction of sp³-hybridized carbons (Fsp3) is 0.500. The number of hydrogen-bond acceptors (Lipinski definition) is 5. The van der Waals surface area contributed by atoms with Crippen molar-refractivity contribution < 1.29 is 9.59 Å². The minimum absolute atomic E-state index is 0.0190. The first-order valence-corrected chi connectivity index (χ1v) is 11.1. The number of carbonyl (C=O) groups excluding carboxylic acids is 2. The summed E-state index contributed by atoms with van der Waals surface area (Å²) < 4.78 is 0. The molecule has 0 N–H and O–H groups in total.